The lowest BCUT2D eigenvalue weighted by Crippen LogP contribution is -2.26. The number of rotatable bonds is 6. The molecule has 0 aliphatic rings. The first-order chi connectivity index (χ1) is 13.0. The first-order valence-electron chi connectivity index (χ1n) is 8.22. The van der Waals surface area contributed by atoms with Crippen LogP contribution in [0.15, 0.2) is 60.8 Å². The Morgan fingerprint density at radius 2 is 1.93 bits per heavy atom. The van der Waals surface area contributed by atoms with Gasteiger partial charge in [0.15, 0.2) is 0 Å². The maximum atomic E-state index is 13.7. The molecule has 0 fully saturated rings. The van der Waals surface area contributed by atoms with E-state index in [4.69, 9.17) is 11.6 Å². The van der Waals surface area contributed by atoms with Crippen molar-refractivity contribution >= 4 is 28.9 Å². The van der Waals surface area contributed by atoms with E-state index in [-0.39, 0.29) is 17.3 Å². The fraction of sp³-hybridized carbons (Fsp3) is 0.100. The van der Waals surface area contributed by atoms with E-state index in [1.807, 2.05) is 18.2 Å². The summed E-state index contributed by atoms with van der Waals surface area (Å²) in [6.45, 7) is 0.422. The Balaban J connectivity index is 1.61. The van der Waals surface area contributed by atoms with Gasteiger partial charge in [0.05, 0.1) is 5.69 Å². The quantitative estimate of drug-likeness (QED) is 0.643. The lowest BCUT2D eigenvalue weighted by molar-refractivity contribution is 0.0949. The summed E-state index contributed by atoms with van der Waals surface area (Å²) in [4.78, 5) is 16.3. The molecule has 0 spiro atoms. The third-order valence-electron chi connectivity index (χ3n) is 3.79. The van der Waals surface area contributed by atoms with Crippen LogP contribution in [0.5, 0.6) is 0 Å². The molecule has 0 aliphatic heterocycles. The molecular formula is C20H16ClF2N3O. The fourth-order valence-electron chi connectivity index (χ4n) is 2.48. The normalized spacial score (nSPS) is 10.5. The van der Waals surface area contributed by atoms with Crippen molar-refractivity contribution in [3.8, 4) is 0 Å². The van der Waals surface area contributed by atoms with Crippen LogP contribution >= 0.6 is 11.6 Å². The molecule has 2 aromatic carbocycles. The van der Waals surface area contributed by atoms with Gasteiger partial charge in [-0.15, -0.1) is 0 Å². The Morgan fingerprint density at radius 3 is 2.70 bits per heavy atom. The van der Waals surface area contributed by atoms with Crippen molar-refractivity contribution in [1.29, 1.82) is 0 Å². The number of carbonyl (C=O) groups excluding carboxylic acids is 1. The molecule has 0 aliphatic carbocycles. The van der Waals surface area contributed by atoms with Crippen molar-refractivity contribution in [3.05, 3.63) is 88.7 Å². The summed E-state index contributed by atoms with van der Waals surface area (Å²) in [5.74, 6) is -1.73. The smallest absolute Gasteiger partial charge is 0.269 e. The molecule has 27 heavy (non-hydrogen) atoms. The molecule has 0 saturated heterocycles. The van der Waals surface area contributed by atoms with Crippen molar-refractivity contribution in [2.45, 2.75) is 6.42 Å². The molecule has 3 rings (SSSR count). The molecule has 7 heteroatoms. The zero-order chi connectivity index (χ0) is 19.2. The van der Waals surface area contributed by atoms with Gasteiger partial charge in [0, 0.05) is 29.5 Å². The molecule has 0 unspecified atom stereocenters. The first kappa shape index (κ1) is 18.8. The third kappa shape index (κ3) is 5.24. The predicted octanol–water partition coefficient (Wildman–Crippen LogP) is 4.73. The second-order valence-corrected chi connectivity index (χ2v) is 6.25. The Morgan fingerprint density at radius 1 is 1.07 bits per heavy atom. The Labute approximate surface area is 160 Å². The molecule has 4 nitrogen and oxygen atoms in total. The highest BCUT2D eigenvalue weighted by Crippen LogP contribution is 2.20. The number of anilines is 2. The van der Waals surface area contributed by atoms with Crippen molar-refractivity contribution in [2.24, 2.45) is 0 Å². The van der Waals surface area contributed by atoms with Gasteiger partial charge in [-0.1, -0.05) is 23.7 Å². The summed E-state index contributed by atoms with van der Waals surface area (Å²) >= 11 is 5.93. The largest absolute Gasteiger partial charge is 0.353 e. The van der Waals surface area contributed by atoms with Gasteiger partial charge in [0.2, 0.25) is 0 Å². The van der Waals surface area contributed by atoms with Crippen LogP contribution in [0.2, 0.25) is 5.02 Å². The molecule has 0 saturated carbocycles. The van der Waals surface area contributed by atoms with Crippen molar-refractivity contribution in [3.63, 3.8) is 0 Å². The molecule has 0 atom stereocenters. The van der Waals surface area contributed by atoms with E-state index in [0.29, 0.717) is 23.7 Å². The number of halogens is 3. The molecule has 0 bridgehead atoms. The van der Waals surface area contributed by atoms with Gasteiger partial charge in [0.1, 0.15) is 17.3 Å². The van der Waals surface area contributed by atoms with Crippen LogP contribution in [0.3, 0.4) is 0 Å². The van der Waals surface area contributed by atoms with Crippen molar-refractivity contribution in [1.82, 2.24) is 10.3 Å². The minimum absolute atomic E-state index is 0.106. The monoisotopic (exact) mass is 387 g/mol. The zero-order valence-electron chi connectivity index (χ0n) is 14.2. The first-order valence-corrected chi connectivity index (χ1v) is 8.60. The molecule has 1 aromatic heterocycles. The maximum absolute atomic E-state index is 13.7. The lowest BCUT2D eigenvalue weighted by Gasteiger charge is -2.09. The van der Waals surface area contributed by atoms with Crippen LogP contribution in [0.4, 0.5) is 20.2 Å². The molecule has 3 aromatic rings. The minimum atomic E-state index is -0.723. The highest BCUT2D eigenvalue weighted by atomic mass is 35.5. The number of pyridine rings is 1. The van der Waals surface area contributed by atoms with Gasteiger partial charge >= 0.3 is 0 Å². The average Bonchev–Trinajstić information content (AvgIpc) is 2.64. The highest BCUT2D eigenvalue weighted by molar-refractivity contribution is 6.30. The molecule has 0 radical (unpaired) electrons. The fourth-order valence-corrected chi connectivity index (χ4v) is 2.70. The summed E-state index contributed by atoms with van der Waals surface area (Å²) in [7, 11) is 0. The summed E-state index contributed by atoms with van der Waals surface area (Å²) in [6.07, 6.45) is 2.07. The second-order valence-electron chi connectivity index (χ2n) is 5.81. The van der Waals surface area contributed by atoms with Gasteiger partial charge in [-0.25, -0.2) is 8.78 Å². The summed E-state index contributed by atoms with van der Waals surface area (Å²) in [5.41, 5.74) is 1.77. The van der Waals surface area contributed by atoms with Crippen LogP contribution in [-0.4, -0.2) is 17.4 Å². The van der Waals surface area contributed by atoms with Crippen LogP contribution in [0.1, 0.15) is 16.1 Å². The number of nitrogens with one attached hydrogen (secondary N) is 2. The van der Waals surface area contributed by atoms with E-state index in [2.05, 4.69) is 15.6 Å². The van der Waals surface area contributed by atoms with Crippen LogP contribution in [0.25, 0.3) is 0 Å². The van der Waals surface area contributed by atoms with Crippen molar-refractivity contribution in [2.75, 3.05) is 11.9 Å². The number of benzene rings is 2. The SMILES string of the molecule is O=C(NCCc1cccc(Cl)c1)c1cc(Nc2ccc(F)cc2F)ccn1. The van der Waals surface area contributed by atoms with E-state index in [9.17, 15) is 13.6 Å². The number of hydrogen-bond donors (Lipinski definition) is 2. The van der Waals surface area contributed by atoms with Crippen LogP contribution < -0.4 is 10.6 Å². The molecule has 2 N–H and O–H groups in total. The van der Waals surface area contributed by atoms with Gasteiger partial charge in [-0.3, -0.25) is 9.78 Å². The Kier molecular flexibility index (Phi) is 5.98. The average molecular weight is 388 g/mol. The summed E-state index contributed by atoms with van der Waals surface area (Å²) in [6, 6.07) is 13.7. The molecule has 1 amide bonds. The topological polar surface area (TPSA) is 54.0 Å². The number of aromatic nitrogens is 1. The van der Waals surface area contributed by atoms with Crippen LogP contribution in [-0.2, 0) is 6.42 Å². The lowest BCUT2D eigenvalue weighted by atomic mass is 10.1. The van der Waals surface area contributed by atoms with E-state index in [1.165, 1.54) is 18.3 Å². The van der Waals surface area contributed by atoms with E-state index in [1.54, 1.807) is 12.1 Å². The summed E-state index contributed by atoms with van der Waals surface area (Å²) < 4.78 is 26.7. The van der Waals surface area contributed by atoms with E-state index >= 15 is 0 Å². The van der Waals surface area contributed by atoms with Crippen molar-refractivity contribution < 1.29 is 13.6 Å². The Bertz CT molecular complexity index is 965. The maximum Gasteiger partial charge on any atom is 0.269 e. The van der Waals surface area contributed by atoms with Gasteiger partial charge < -0.3 is 10.6 Å². The number of hydrogen-bond acceptors (Lipinski definition) is 3. The minimum Gasteiger partial charge on any atom is -0.353 e. The van der Waals surface area contributed by atoms with E-state index < -0.39 is 11.6 Å². The second kappa shape index (κ2) is 8.60. The van der Waals surface area contributed by atoms with Gasteiger partial charge in [-0.05, 0) is 48.4 Å². The number of amides is 1. The van der Waals surface area contributed by atoms with Gasteiger partial charge in [0.25, 0.3) is 5.91 Å². The van der Waals surface area contributed by atoms with Crippen LogP contribution in [0, 0.1) is 11.6 Å². The number of carbonyl (C=O) groups is 1. The van der Waals surface area contributed by atoms with Gasteiger partial charge in [-0.2, -0.15) is 0 Å². The molecular weight excluding hydrogens is 372 g/mol. The predicted molar refractivity (Wildman–Crippen MR) is 101 cm³/mol. The standard InChI is InChI=1S/C20H16ClF2N3O/c21-14-3-1-2-13(10-14)6-8-25-20(27)19-12-16(7-9-24-19)26-18-5-4-15(22)11-17(18)23/h1-5,7,9-12H,6,8H2,(H,24,26)(H,25,27). The molecule has 1 heterocycles. The molecule has 138 valence electrons. The summed E-state index contributed by atoms with van der Waals surface area (Å²) in [5, 5.41) is 6.23. The third-order valence-corrected chi connectivity index (χ3v) is 4.03. The Hall–Kier alpha value is -2.99. The highest BCUT2D eigenvalue weighted by Gasteiger charge is 2.09. The zero-order valence-corrected chi connectivity index (χ0v) is 14.9. The number of nitrogens with zero attached hydrogens (tertiary/aromatic N) is 1. The van der Waals surface area contributed by atoms with E-state index in [0.717, 1.165) is 17.7 Å².